The first-order chi connectivity index (χ1) is 9.08. The Kier molecular flexibility index (Phi) is 4.45. The van der Waals surface area contributed by atoms with Gasteiger partial charge in [-0.2, -0.15) is 0 Å². The van der Waals surface area contributed by atoms with Crippen molar-refractivity contribution in [1.29, 1.82) is 0 Å². The number of hydrogen-bond acceptors (Lipinski definition) is 3. The van der Waals surface area contributed by atoms with Crippen LogP contribution in [0.3, 0.4) is 0 Å². The van der Waals surface area contributed by atoms with E-state index in [2.05, 4.69) is 15.9 Å². The van der Waals surface area contributed by atoms with E-state index < -0.39 is 16.6 Å². The fourth-order valence-electron chi connectivity index (χ4n) is 2.03. The first-order valence-electron chi connectivity index (χ1n) is 6.26. The van der Waals surface area contributed by atoms with E-state index in [0.29, 0.717) is 11.5 Å². The third kappa shape index (κ3) is 3.08. The lowest BCUT2D eigenvalue weighted by Gasteiger charge is -2.15. The number of esters is 1. The third-order valence-electron chi connectivity index (χ3n) is 3.11. The fraction of sp³-hybridized carbons (Fsp3) is 0.500. The first-order valence-corrected chi connectivity index (χ1v) is 7.18. The van der Waals surface area contributed by atoms with Gasteiger partial charge in [0, 0.05) is 5.56 Å². The highest BCUT2D eigenvalue weighted by Gasteiger charge is 2.29. The minimum absolute atomic E-state index is 0.0966. The Bertz CT molecular complexity index is 486. The number of benzene rings is 1. The second-order valence-electron chi connectivity index (χ2n) is 4.51. The molecule has 0 radical (unpaired) electrons. The van der Waals surface area contributed by atoms with Crippen LogP contribution in [0.4, 0.5) is 4.39 Å². The van der Waals surface area contributed by atoms with Gasteiger partial charge in [0.1, 0.15) is 4.83 Å². The largest absolute Gasteiger partial charge is 0.493 e. The minimum Gasteiger partial charge on any atom is -0.493 e. The second kappa shape index (κ2) is 5.90. The van der Waals surface area contributed by atoms with E-state index in [-0.39, 0.29) is 12.4 Å². The molecule has 1 unspecified atom stereocenters. The molecule has 3 nitrogen and oxygen atoms in total. The molecule has 0 N–H and O–H groups in total. The van der Waals surface area contributed by atoms with Gasteiger partial charge in [-0.1, -0.05) is 15.9 Å². The maximum Gasteiger partial charge on any atom is 0.324 e. The fourth-order valence-corrected chi connectivity index (χ4v) is 2.51. The van der Waals surface area contributed by atoms with Gasteiger partial charge in [-0.05, 0) is 43.4 Å². The van der Waals surface area contributed by atoms with Crippen LogP contribution in [0.15, 0.2) is 12.1 Å². The molecule has 1 aromatic rings. The molecule has 1 aromatic carbocycles. The summed E-state index contributed by atoms with van der Waals surface area (Å²) < 4.78 is 24.0. The van der Waals surface area contributed by atoms with Crippen LogP contribution in [0.25, 0.3) is 0 Å². The van der Waals surface area contributed by atoms with E-state index in [0.717, 1.165) is 18.4 Å². The van der Waals surface area contributed by atoms with E-state index in [9.17, 15) is 9.18 Å². The summed E-state index contributed by atoms with van der Waals surface area (Å²) >= 11 is 3.26. The number of carbonyl (C=O) groups excluding carboxylic acids is 1. The van der Waals surface area contributed by atoms with Crippen LogP contribution in [0.1, 0.15) is 41.6 Å². The summed E-state index contributed by atoms with van der Waals surface area (Å²) in [4.78, 5) is 11.1. The zero-order valence-electron chi connectivity index (χ0n) is 10.9. The van der Waals surface area contributed by atoms with Crippen molar-refractivity contribution < 1.29 is 18.7 Å². The van der Waals surface area contributed by atoms with E-state index >= 15 is 0 Å². The highest BCUT2D eigenvalue weighted by molar-refractivity contribution is 9.09. The van der Waals surface area contributed by atoms with Gasteiger partial charge in [-0.3, -0.25) is 4.79 Å². The zero-order chi connectivity index (χ0) is 14.0. The molecule has 1 aliphatic carbocycles. The minimum atomic E-state index is -0.712. The summed E-state index contributed by atoms with van der Waals surface area (Å²) in [7, 11) is 1.39. The van der Waals surface area contributed by atoms with Crippen molar-refractivity contribution in [1.82, 2.24) is 0 Å². The molecule has 1 atom stereocenters. The number of hydrogen-bond donors (Lipinski definition) is 0. The van der Waals surface area contributed by atoms with Crippen LogP contribution < -0.4 is 4.74 Å². The molecular formula is C14H16BrFO3. The lowest BCUT2D eigenvalue weighted by atomic mass is 10.0. The summed E-state index contributed by atoms with van der Waals surface area (Å²) in [6.07, 6.45) is 2.13. The molecule has 5 heteroatoms. The Labute approximate surface area is 120 Å². The normalized spacial score (nSPS) is 16.0. The number of methoxy groups -OCH3 is 1. The van der Waals surface area contributed by atoms with E-state index in [4.69, 9.17) is 9.47 Å². The predicted octanol–water partition coefficient (Wildman–Crippen LogP) is 3.71. The van der Waals surface area contributed by atoms with Crippen LogP contribution in [0.2, 0.25) is 0 Å². The number of carbonyl (C=O) groups is 1. The van der Waals surface area contributed by atoms with Crippen LogP contribution in [-0.2, 0) is 9.53 Å². The predicted molar refractivity (Wildman–Crippen MR) is 73.2 cm³/mol. The molecule has 19 heavy (non-hydrogen) atoms. The molecule has 1 saturated carbocycles. The van der Waals surface area contributed by atoms with E-state index in [1.54, 1.807) is 6.92 Å². The summed E-state index contributed by atoms with van der Waals surface area (Å²) in [5, 5.41) is 0. The Morgan fingerprint density at radius 3 is 2.74 bits per heavy atom. The average Bonchev–Trinajstić information content (AvgIpc) is 3.21. The van der Waals surface area contributed by atoms with Crippen LogP contribution >= 0.6 is 15.9 Å². The first kappa shape index (κ1) is 14.3. The lowest BCUT2D eigenvalue weighted by Crippen LogP contribution is -2.12. The zero-order valence-corrected chi connectivity index (χ0v) is 12.5. The summed E-state index contributed by atoms with van der Waals surface area (Å²) in [5.41, 5.74) is 1.41. The van der Waals surface area contributed by atoms with Gasteiger partial charge in [0.2, 0.25) is 0 Å². The number of ether oxygens (including phenoxy) is 2. The van der Waals surface area contributed by atoms with Gasteiger partial charge in [-0.15, -0.1) is 0 Å². The molecule has 1 fully saturated rings. The van der Waals surface area contributed by atoms with Gasteiger partial charge < -0.3 is 9.47 Å². The van der Waals surface area contributed by atoms with Gasteiger partial charge in [0.15, 0.2) is 11.6 Å². The molecule has 0 spiro atoms. The van der Waals surface area contributed by atoms with Crippen molar-refractivity contribution in [3.8, 4) is 5.75 Å². The molecule has 2 rings (SSSR count). The molecule has 0 bridgehead atoms. The molecular weight excluding hydrogens is 315 g/mol. The van der Waals surface area contributed by atoms with E-state index in [1.165, 1.54) is 13.2 Å². The number of rotatable bonds is 5. The lowest BCUT2D eigenvalue weighted by molar-refractivity contribution is -0.142. The summed E-state index contributed by atoms with van der Waals surface area (Å²) in [6, 6.07) is 3.32. The van der Waals surface area contributed by atoms with Crippen molar-refractivity contribution >= 4 is 21.9 Å². The SMILES string of the molecule is CCOC(=O)C(Br)c1cc(C2CC2)cc(F)c1OC. The van der Waals surface area contributed by atoms with Crippen LogP contribution in [0, 0.1) is 5.82 Å². The van der Waals surface area contributed by atoms with Crippen molar-refractivity contribution in [2.45, 2.75) is 30.5 Å². The van der Waals surface area contributed by atoms with Gasteiger partial charge in [0.25, 0.3) is 0 Å². The Morgan fingerprint density at radius 1 is 1.53 bits per heavy atom. The third-order valence-corrected chi connectivity index (χ3v) is 3.98. The van der Waals surface area contributed by atoms with E-state index in [1.807, 2.05) is 6.07 Å². The van der Waals surface area contributed by atoms with Crippen molar-refractivity contribution in [2.24, 2.45) is 0 Å². The molecule has 0 amide bonds. The summed E-state index contributed by atoms with van der Waals surface area (Å²) in [6.45, 7) is 2.02. The highest BCUT2D eigenvalue weighted by atomic mass is 79.9. The standard InChI is InChI=1S/C14H16BrFO3/c1-3-19-14(17)12(15)10-6-9(8-4-5-8)7-11(16)13(10)18-2/h6-8,12H,3-5H2,1-2H3. The van der Waals surface area contributed by atoms with Gasteiger partial charge in [-0.25, -0.2) is 4.39 Å². The maximum atomic E-state index is 14.0. The maximum absolute atomic E-state index is 14.0. The Hall–Kier alpha value is -1.10. The Balaban J connectivity index is 2.38. The van der Waals surface area contributed by atoms with Crippen LogP contribution in [-0.4, -0.2) is 19.7 Å². The van der Waals surface area contributed by atoms with Crippen LogP contribution in [0.5, 0.6) is 5.75 Å². The van der Waals surface area contributed by atoms with Gasteiger partial charge in [0.05, 0.1) is 13.7 Å². The van der Waals surface area contributed by atoms with Crippen molar-refractivity contribution in [2.75, 3.05) is 13.7 Å². The molecule has 0 heterocycles. The molecule has 104 valence electrons. The molecule has 1 aliphatic rings. The molecule has 0 aliphatic heterocycles. The monoisotopic (exact) mass is 330 g/mol. The quantitative estimate of drug-likeness (QED) is 0.609. The topological polar surface area (TPSA) is 35.5 Å². The van der Waals surface area contributed by atoms with Gasteiger partial charge >= 0.3 is 5.97 Å². The smallest absolute Gasteiger partial charge is 0.324 e. The number of halogens is 2. The van der Waals surface area contributed by atoms with Crippen molar-refractivity contribution in [3.05, 3.63) is 29.1 Å². The Morgan fingerprint density at radius 2 is 2.21 bits per heavy atom. The summed E-state index contributed by atoms with van der Waals surface area (Å²) in [5.74, 6) is -0.371. The van der Waals surface area contributed by atoms with Crippen molar-refractivity contribution in [3.63, 3.8) is 0 Å². The molecule has 0 aromatic heterocycles. The number of alkyl halides is 1. The average molecular weight is 331 g/mol. The second-order valence-corrected chi connectivity index (χ2v) is 5.43. The highest BCUT2D eigenvalue weighted by Crippen LogP contribution is 2.44. The molecule has 0 saturated heterocycles.